The van der Waals surface area contributed by atoms with Crippen LogP contribution in [0.2, 0.25) is 0 Å². The van der Waals surface area contributed by atoms with Crippen molar-refractivity contribution in [3.05, 3.63) is 30.4 Å². The second-order valence-electron chi connectivity index (χ2n) is 4.74. The molecule has 1 amide bonds. The molecule has 2 aromatic rings. The number of carbonyl (C=O) groups excluding carboxylic acids is 1. The number of rotatable bonds is 5. The number of amides is 1. The molecule has 114 valence electrons. The van der Waals surface area contributed by atoms with Crippen LogP contribution >= 0.6 is 12.4 Å². The number of nitrogens with zero attached hydrogens (tertiary/aromatic N) is 3. The van der Waals surface area contributed by atoms with Crippen molar-refractivity contribution >= 4 is 18.3 Å². The number of hydrogen-bond acceptors (Lipinski definition) is 6. The summed E-state index contributed by atoms with van der Waals surface area (Å²) in [6.45, 7) is 3.94. The molecule has 0 bridgehead atoms. The molecule has 0 unspecified atom stereocenters. The maximum atomic E-state index is 11.7. The smallest absolute Gasteiger partial charge is 0.246 e. The molecule has 0 radical (unpaired) electrons. The molecule has 2 aromatic heterocycles. The maximum Gasteiger partial charge on any atom is 0.246 e. The van der Waals surface area contributed by atoms with Gasteiger partial charge in [-0.15, -0.1) is 12.4 Å². The van der Waals surface area contributed by atoms with Crippen LogP contribution in [0.1, 0.15) is 19.7 Å². The van der Waals surface area contributed by atoms with Crippen LogP contribution in [-0.2, 0) is 11.3 Å². The van der Waals surface area contributed by atoms with E-state index in [0.29, 0.717) is 11.7 Å². The summed E-state index contributed by atoms with van der Waals surface area (Å²) in [6.07, 6.45) is 3.30. The largest absolute Gasteiger partial charge is 0.346 e. The Hall–Kier alpha value is -1.99. The summed E-state index contributed by atoms with van der Waals surface area (Å²) < 4.78 is 5.07. The van der Waals surface area contributed by atoms with Crippen LogP contribution in [0.5, 0.6) is 0 Å². The standard InChI is InChI=1S/C13H17N5O2.ClH/c1-8(2)11(14)13(19)16-7-10-17-12(18-20-10)9-3-5-15-6-4-9;/h3-6,8,11H,7,14H2,1-2H3,(H,16,19);1H/t11-;/m0./s1. The van der Waals surface area contributed by atoms with Crippen LogP contribution in [0.3, 0.4) is 0 Å². The van der Waals surface area contributed by atoms with Gasteiger partial charge in [0.1, 0.15) is 0 Å². The van der Waals surface area contributed by atoms with Crippen LogP contribution in [0.25, 0.3) is 11.4 Å². The minimum Gasteiger partial charge on any atom is -0.346 e. The number of nitrogens with one attached hydrogen (secondary N) is 1. The minimum atomic E-state index is -0.544. The normalized spacial score (nSPS) is 11.8. The Kier molecular flexibility index (Phi) is 6.26. The van der Waals surface area contributed by atoms with Crippen molar-refractivity contribution in [2.45, 2.75) is 26.4 Å². The third-order valence-electron chi connectivity index (χ3n) is 2.84. The highest BCUT2D eigenvalue weighted by Gasteiger charge is 2.17. The Labute approximate surface area is 128 Å². The predicted molar refractivity (Wildman–Crippen MR) is 79.4 cm³/mol. The van der Waals surface area contributed by atoms with Crippen molar-refractivity contribution in [3.8, 4) is 11.4 Å². The lowest BCUT2D eigenvalue weighted by Gasteiger charge is -2.14. The molecular weight excluding hydrogens is 294 g/mol. The second kappa shape index (κ2) is 7.70. The fourth-order valence-electron chi connectivity index (χ4n) is 1.53. The molecule has 1 atom stereocenters. The Morgan fingerprint density at radius 2 is 2.05 bits per heavy atom. The van der Waals surface area contributed by atoms with E-state index in [9.17, 15) is 4.79 Å². The average Bonchev–Trinajstić information content (AvgIpc) is 2.93. The van der Waals surface area contributed by atoms with Gasteiger partial charge in [0.25, 0.3) is 0 Å². The summed E-state index contributed by atoms with van der Waals surface area (Å²) in [5, 5.41) is 6.52. The second-order valence-corrected chi connectivity index (χ2v) is 4.74. The first-order valence-electron chi connectivity index (χ1n) is 6.34. The van der Waals surface area contributed by atoms with Gasteiger partial charge in [0.05, 0.1) is 12.6 Å². The summed E-state index contributed by atoms with van der Waals surface area (Å²) in [4.78, 5) is 19.8. The Morgan fingerprint density at radius 3 is 2.67 bits per heavy atom. The average molecular weight is 312 g/mol. The molecule has 0 aliphatic heterocycles. The van der Waals surface area contributed by atoms with Crippen molar-refractivity contribution in [2.24, 2.45) is 11.7 Å². The van der Waals surface area contributed by atoms with Gasteiger partial charge in [-0.1, -0.05) is 19.0 Å². The molecule has 0 aromatic carbocycles. The van der Waals surface area contributed by atoms with Crippen LogP contribution in [0, 0.1) is 5.92 Å². The number of hydrogen-bond donors (Lipinski definition) is 2. The van der Waals surface area contributed by atoms with Gasteiger partial charge in [0.15, 0.2) is 0 Å². The lowest BCUT2D eigenvalue weighted by atomic mass is 10.1. The lowest BCUT2D eigenvalue weighted by molar-refractivity contribution is -0.123. The van der Waals surface area contributed by atoms with E-state index in [-0.39, 0.29) is 30.8 Å². The Bertz CT molecular complexity index is 573. The number of pyridine rings is 1. The number of aromatic nitrogens is 3. The van der Waals surface area contributed by atoms with Gasteiger partial charge in [0, 0.05) is 18.0 Å². The molecule has 0 spiro atoms. The fourth-order valence-corrected chi connectivity index (χ4v) is 1.53. The molecule has 7 nitrogen and oxygen atoms in total. The van der Waals surface area contributed by atoms with Crippen LogP contribution in [0.4, 0.5) is 0 Å². The van der Waals surface area contributed by atoms with Crippen molar-refractivity contribution in [1.82, 2.24) is 20.4 Å². The molecule has 2 rings (SSSR count). The molecule has 3 N–H and O–H groups in total. The lowest BCUT2D eigenvalue weighted by Crippen LogP contribution is -2.43. The third kappa shape index (κ3) is 4.51. The van der Waals surface area contributed by atoms with E-state index in [1.807, 2.05) is 13.8 Å². The maximum absolute atomic E-state index is 11.7. The fraction of sp³-hybridized carbons (Fsp3) is 0.385. The molecule has 0 fully saturated rings. The van der Waals surface area contributed by atoms with Gasteiger partial charge in [-0.3, -0.25) is 9.78 Å². The highest BCUT2D eigenvalue weighted by atomic mass is 35.5. The van der Waals surface area contributed by atoms with E-state index in [1.54, 1.807) is 24.5 Å². The van der Waals surface area contributed by atoms with Gasteiger partial charge >= 0.3 is 0 Å². The van der Waals surface area contributed by atoms with Gasteiger partial charge in [-0.05, 0) is 18.1 Å². The Balaban J connectivity index is 0.00000220. The van der Waals surface area contributed by atoms with Gasteiger partial charge < -0.3 is 15.6 Å². The highest BCUT2D eigenvalue weighted by molar-refractivity contribution is 5.85. The number of halogens is 1. The van der Waals surface area contributed by atoms with Crippen LogP contribution < -0.4 is 11.1 Å². The summed E-state index contributed by atoms with van der Waals surface area (Å²) in [5.41, 5.74) is 6.54. The van der Waals surface area contributed by atoms with E-state index < -0.39 is 6.04 Å². The molecule has 8 heteroatoms. The zero-order valence-corrected chi connectivity index (χ0v) is 12.6. The zero-order valence-electron chi connectivity index (χ0n) is 11.8. The van der Waals surface area contributed by atoms with Gasteiger partial charge in [0.2, 0.25) is 17.6 Å². The number of carbonyl (C=O) groups is 1. The van der Waals surface area contributed by atoms with Crippen molar-refractivity contribution < 1.29 is 9.32 Å². The highest BCUT2D eigenvalue weighted by Crippen LogP contribution is 2.13. The topological polar surface area (TPSA) is 107 Å². The van der Waals surface area contributed by atoms with E-state index in [0.717, 1.165) is 5.56 Å². The molecular formula is C13H18ClN5O2. The molecule has 2 heterocycles. The summed E-state index contributed by atoms with van der Waals surface area (Å²) >= 11 is 0. The molecule has 0 aliphatic rings. The SMILES string of the molecule is CC(C)[C@H](N)C(=O)NCc1nc(-c2ccncc2)no1.Cl. The first kappa shape index (κ1) is 17.1. The first-order chi connectivity index (χ1) is 9.58. The Morgan fingerprint density at radius 1 is 1.38 bits per heavy atom. The van der Waals surface area contributed by atoms with E-state index in [4.69, 9.17) is 10.3 Å². The quantitative estimate of drug-likeness (QED) is 0.858. The summed E-state index contributed by atoms with van der Waals surface area (Å²) in [5.74, 6) is 0.639. The van der Waals surface area contributed by atoms with E-state index in [1.165, 1.54) is 0 Å². The molecule has 0 aliphatic carbocycles. The molecule has 21 heavy (non-hydrogen) atoms. The van der Waals surface area contributed by atoms with Crippen LogP contribution in [0.15, 0.2) is 29.0 Å². The third-order valence-corrected chi connectivity index (χ3v) is 2.84. The van der Waals surface area contributed by atoms with Gasteiger partial charge in [-0.2, -0.15) is 4.98 Å². The van der Waals surface area contributed by atoms with Gasteiger partial charge in [-0.25, -0.2) is 0 Å². The van der Waals surface area contributed by atoms with E-state index >= 15 is 0 Å². The molecule has 0 saturated heterocycles. The van der Waals surface area contributed by atoms with Crippen molar-refractivity contribution in [2.75, 3.05) is 0 Å². The molecule has 0 saturated carbocycles. The van der Waals surface area contributed by atoms with Crippen LogP contribution in [-0.4, -0.2) is 27.1 Å². The van der Waals surface area contributed by atoms with Crippen molar-refractivity contribution in [1.29, 1.82) is 0 Å². The summed E-state index contributed by atoms with van der Waals surface area (Å²) in [6, 6.07) is 3.02. The predicted octanol–water partition coefficient (Wildman–Crippen LogP) is 1.15. The first-order valence-corrected chi connectivity index (χ1v) is 6.34. The minimum absolute atomic E-state index is 0. The zero-order chi connectivity index (χ0) is 14.5. The number of nitrogens with two attached hydrogens (primary N) is 1. The monoisotopic (exact) mass is 311 g/mol. The summed E-state index contributed by atoms with van der Waals surface area (Å²) in [7, 11) is 0. The van der Waals surface area contributed by atoms with Crippen molar-refractivity contribution in [3.63, 3.8) is 0 Å². The van der Waals surface area contributed by atoms with E-state index in [2.05, 4.69) is 20.4 Å².